The highest BCUT2D eigenvalue weighted by Crippen LogP contribution is 2.37. The Kier molecular flexibility index (Phi) is 5.90. The van der Waals surface area contributed by atoms with Gasteiger partial charge in [-0.2, -0.15) is 0 Å². The van der Waals surface area contributed by atoms with Gasteiger partial charge in [0.05, 0.1) is 9.83 Å². The molecule has 0 bridgehead atoms. The molecule has 1 heterocycles. The Balaban J connectivity index is 2.32. The molecule has 1 nitrogen and oxygen atoms in total. The molecule has 102 valence electrons. The molecular formula is C14H14Br2ClNS. The van der Waals surface area contributed by atoms with Gasteiger partial charge in [0.2, 0.25) is 0 Å². The maximum Gasteiger partial charge on any atom is 0.0843 e. The van der Waals surface area contributed by atoms with Crippen molar-refractivity contribution in [2.24, 2.45) is 0 Å². The van der Waals surface area contributed by atoms with Crippen molar-refractivity contribution in [3.8, 4) is 0 Å². The summed E-state index contributed by atoms with van der Waals surface area (Å²) in [4.78, 5) is 1.29. The van der Waals surface area contributed by atoms with Gasteiger partial charge in [-0.1, -0.05) is 30.7 Å². The molecule has 0 spiro atoms. The maximum atomic E-state index is 5.96. The monoisotopic (exact) mass is 421 g/mol. The van der Waals surface area contributed by atoms with Gasteiger partial charge in [0.25, 0.3) is 0 Å². The number of nitrogens with one attached hydrogen (secondary N) is 1. The molecule has 1 unspecified atom stereocenters. The second-order valence-corrected chi connectivity index (χ2v) is 7.90. The predicted octanol–water partition coefficient (Wildman–Crippen LogP) is 6.02. The molecule has 0 radical (unpaired) electrons. The van der Waals surface area contributed by atoms with Gasteiger partial charge in [-0.25, -0.2) is 0 Å². The first-order valence-corrected chi connectivity index (χ1v) is 8.83. The summed E-state index contributed by atoms with van der Waals surface area (Å²) in [6.07, 6.45) is 1.11. The summed E-state index contributed by atoms with van der Waals surface area (Å²) in [5.74, 6) is 0. The van der Waals surface area contributed by atoms with E-state index in [1.54, 1.807) is 11.3 Å². The van der Waals surface area contributed by atoms with Crippen LogP contribution in [0.4, 0.5) is 0 Å². The van der Waals surface area contributed by atoms with Crippen LogP contribution in [0.3, 0.4) is 0 Å². The fourth-order valence-electron chi connectivity index (χ4n) is 1.83. The van der Waals surface area contributed by atoms with Crippen LogP contribution in [0.15, 0.2) is 38.6 Å². The molecule has 0 aliphatic rings. The number of thiophene rings is 1. The molecule has 0 amide bonds. The van der Waals surface area contributed by atoms with Crippen molar-refractivity contribution in [3.05, 3.63) is 54.1 Å². The topological polar surface area (TPSA) is 12.0 Å². The summed E-state index contributed by atoms with van der Waals surface area (Å²) in [6, 6.07) is 10.4. The minimum Gasteiger partial charge on any atom is -0.306 e. The normalized spacial score (nSPS) is 12.6. The highest BCUT2D eigenvalue weighted by atomic mass is 79.9. The van der Waals surface area contributed by atoms with Crippen LogP contribution in [0.5, 0.6) is 0 Å². The second kappa shape index (κ2) is 7.23. The molecular weight excluding hydrogens is 409 g/mol. The van der Waals surface area contributed by atoms with Crippen molar-refractivity contribution >= 4 is 54.8 Å². The van der Waals surface area contributed by atoms with E-state index >= 15 is 0 Å². The van der Waals surface area contributed by atoms with Gasteiger partial charge in [-0.15, -0.1) is 11.3 Å². The first kappa shape index (κ1) is 15.5. The van der Waals surface area contributed by atoms with Crippen LogP contribution in [0, 0.1) is 0 Å². The zero-order valence-corrected chi connectivity index (χ0v) is 15.2. The Morgan fingerprint density at radius 2 is 1.95 bits per heavy atom. The molecule has 2 rings (SSSR count). The van der Waals surface area contributed by atoms with E-state index in [0.717, 1.165) is 26.2 Å². The first-order chi connectivity index (χ1) is 9.11. The minimum absolute atomic E-state index is 0.213. The number of rotatable bonds is 5. The van der Waals surface area contributed by atoms with Crippen LogP contribution in [-0.4, -0.2) is 6.54 Å². The van der Waals surface area contributed by atoms with E-state index in [9.17, 15) is 0 Å². The Labute approximate surface area is 139 Å². The van der Waals surface area contributed by atoms with Crippen LogP contribution in [0.25, 0.3) is 0 Å². The third-order valence-electron chi connectivity index (χ3n) is 2.75. The molecule has 5 heteroatoms. The van der Waals surface area contributed by atoms with Crippen LogP contribution >= 0.6 is 54.8 Å². The van der Waals surface area contributed by atoms with Crippen molar-refractivity contribution in [3.63, 3.8) is 0 Å². The lowest BCUT2D eigenvalue weighted by Crippen LogP contribution is -2.22. The van der Waals surface area contributed by atoms with Crippen molar-refractivity contribution in [1.29, 1.82) is 0 Å². The molecule has 1 aromatic heterocycles. The summed E-state index contributed by atoms with van der Waals surface area (Å²) >= 11 is 14.8. The Bertz CT molecular complexity index is 519. The van der Waals surface area contributed by atoms with Gasteiger partial charge in [-0.05, 0) is 68.6 Å². The molecule has 0 saturated heterocycles. The average Bonchev–Trinajstić information content (AvgIpc) is 2.72. The Morgan fingerprint density at radius 3 is 2.47 bits per heavy atom. The lowest BCUT2D eigenvalue weighted by molar-refractivity contribution is 0.606. The van der Waals surface area contributed by atoms with Gasteiger partial charge < -0.3 is 5.32 Å². The van der Waals surface area contributed by atoms with Crippen molar-refractivity contribution < 1.29 is 0 Å². The van der Waals surface area contributed by atoms with Crippen LogP contribution in [0.1, 0.15) is 29.8 Å². The first-order valence-electron chi connectivity index (χ1n) is 6.05. The quantitative estimate of drug-likeness (QED) is 0.620. The summed E-state index contributed by atoms with van der Waals surface area (Å²) in [7, 11) is 0. The number of hydrogen-bond acceptors (Lipinski definition) is 2. The number of hydrogen-bond donors (Lipinski definition) is 1. The highest BCUT2D eigenvalue weighted by Gasteiger charge is 2.17. The zero-order valence-electron chi connectivity index (χ0n) is 10.4. The SMILES string of the molecule is CCCNC(c1ccc(Cl)cc1)c1cc(Br)c(Br)s1. The Morgan fingerprint density at radius 1 is 1.26 bits per heavy atom. The van der Waals surface area contributed by atoms with E-state index in [0.29, 0.717) is 0 Å². The van der Waals surface area contributed by atoms with Gasteiger partial charge in [-0.3, -0.25) is 0 Å². The van der Waals surface area contributed by atoms with E-state index in [1.165, 1.54) is 10.4 Å². The number of halogens is 3. The van der Waals surface area contributed by atoms with Crippen molar-refractivity contribution in [2.45, 2.75) is 19.4 Å². The van der Waals surface area contributed by atoms with E-state index in [4.69, 9.17) is 11.6 Å². The fraction of sp³-hybridized carbons (Fsp3) is 0.286. The molecule has 19 heavy (non-hydrogen) atoms. The van der Waals surface area contributed by atoms with Crippen LogP contribution in [0.2, 0.25) is 5.02 Å². The van der Waals surface area contributed by atoms with E-state index in [1.807, 2.05) is 12.1 Å². The fourth-order valence-corrected chi connectivity index (χ4v) is 4.15. The molecule has 1 N–H and O–H groups in total. The molecule has 1 aromatic carbocycles. The van der Waals surface area contributed by atoms with Crippen LogP contribution in [-0.2, 0) is 0 Å². The largest absolute Gasteiger partial charge is 0.306 e. The molecule has 0 saturated carbocycles. The van der Waals surface area contributed by atoms with Crippen molar-refractivity contribution in [2.75, 3.05) is 6.54 Å². The number of benzene rings is 1. The van der Waals surface area contributed by atoms with Gasteiger partial charge >= 0.3 is 0 Å². The van der Waals surface area contributed by atoms with Gasteiger partial charge in [0, 0.05) is 14.4 Å². The van der Waals surface area contributed by atoms with Gasteiger partial charge in [0.15, 0.2) is 0 Å². The summed E-state index contributed by atoms with van der Waals surface area (Å²) in [6.45, 7) is 3.16. The van der Waals surface area contributed by atoms with E-state index in [2.05, 4.69) is 62.3 Å². The lowest BCUT2D eigenvalue weighted by atomic mass is 10.1. The van der Waals surface area contributed by atoms with E-state index < -0.39 is 0 Å². The summed E-state index contributed by atoms with van der Waals surface area (Å²) in [5.41, 5.74) is 1.24. The van der Waals surface area contributed by atoms with Gasteiger partial charge in [0.1, 0.15) is 0 Å². The molecule has 2 aromatic rings. The Hall–Kier alpha value is 0.130. The lowest BCUT2D eigenvalue weighted by Gasteiger charge is -2.17. The third kappa shape index (κ3) is 4.05. The molecule has 0 fully saturated rings. The predicted molar refractivity (Wildman–Crippen MR) is 91.3 cm³/mol. The molecule has 0 aliphatic carbocycles. The smallest absolute Gasteiger partial charge is 0.0843 e. The average molecular weight is 424 g/mol. The second-order valence-electron chi connectivity index (χ2n) is 4.21. The third-order valence-corrected chi connectivity index (χ3v) is 6.32. The summed E-state index contributed by atoms with van der Waals surface area (Å²) in [5, 5.41) is 4.36. The van der Waals surface area contributed by atoms with E-state index in [-0.39, 0.29) is 6.04 Å². The minimum atomic E-state index is 0.213. The molecule has 1 atom stereocenters. The van der Waals surface area contributed by atoms with Crippen molar-refractivity contribution in [1.82, 2.24) is 5.32 Å². The maximum absolute atomic E-state index is 5.96. The zero-order chi connectivity index (χ0) is 13.8. The van der Waals surface area contributed by atoms with Crippen LogP contribution < -0.4 is 5.32 Å². The molecule has 0 aliphatic heterocycles. The standard InChI is InChI=1S/C14H14Br2ClNS/c1-2-7-18-13(9-3-5-10(17)6-4-9)12-8-11(15)14(16)19-12/h3-6,8,13,18H,2,7H2,1H3. The highest BCUT2D eigenvalue weighted by molar-refractivity contribution is 9.13. The summed E-state index contributed by atoms with van der Waals surface area (Å²) < 4.78 is 2.23.